The van der Waals surface area contributed by atoms with E-state index in [9.17, 15) is 0 Å². The van der Waals surface area contributed by atoms with Crippen LogP contribution in [0.15, 0.2) is 48.1 Å². The van der Waals surface area contributed by atoms with Crippen molar-refractivity contribution in [2.24, 2.45) is 5.92 Å². The minimum atomic E-state index is -0.141. The van der Waals surface area contributed by atoms with Crippen LogP contribution in [0, 0.1) is 5.92 Å². The number of rotatable bonds is 5. The minimum absolute atomic E-state index is 0.141. The maximum atomic E-state index is 2.54. The van der Waals surface area contributed by atoms with E-state index in [-0.39, 0.29) is 9.52 Å². The summed E-state index contributed by atoms with van der Waals surface area (Å²) in [4.78, 5) is 0. The molecular formula is C17H26Si. The van der Waals surface area contributed by atoms with Gasteiger partial charge in [0.1, 0.15) is 0 Å². The first-order chi connectivity index (χ1) is 8.65. The number of hydrogen-bond acceptors (Lipinski definition) is 0. The number of hydrogen-bond donors (Lipinski definition) is 0. The highest BCUT2D eigenvalue weighted by molar-refractivity contribution is 6.44. The van der Waals surface area contributed by atoms with Crippen molar-refractivity contribution in [3.05, 3.63) is 48.1 Å². The van der Waals surface area contributed by atoms with Gasteiger partial charge in [-0.3, -0.25) is 0 Å². The van der Waals surface area contributed by atoms with Gasteiger partial charge in [0.05, 0.1) is 0 Å². The first-order valence-electron chi connectivity index (χ1n) is 7.39. The average molecular weight is 258 g/mol. The number of allylic oxidation sites excluding steroid dienone is 8. The molecule has 0 aromatic rings. The van der Waals surface area contributed by atoms with Crippen LogP contribution in [-0.2, 0) is 0 Å². The van der Waals surface area contributed by atoms with Crippen LogP contribution in [0.4, 0.5) is 0 Å². The summed E-state index contributed by atoms with van der Waals surface area (Å²) < 4.78 is 0. The third kappa shape index (κ3) is 3.14. The second-order valence-corrected chi connectivity index (χ2v) is 8.91. The second kappa shape index (κ2) is 5.88. The SMILES string of the molecule is CCCC1([SiH2]C2C=CC(C(C)C)=C2)C=CC=CC1. The van der Waals surface area contributed by atoms with Crippen molar-refractivity contribution in [3.8, 4) is 0 Å². The van der Waals surface area contributed by atoms with E-state index in [1.807, 2.05) is 0 Å². The molecular weight excluding hydrogens is 232 g/mol. The summed E-state index contributed by atoms with van der Waals surface area (Å²) in [5.74, 6) is 0.684. The summed E-state index contributed by atoms with van der Waals surface area (Å²) in [6.45, 7) is 6.92. The molecule has 0 spiro atoms. The zero-order valence-electron chi connectivity index (χ0n) is 12.0. The molecule has 0 aromatic heterocycles. The van der Waals surface area contributed by atoms with Gasteiger partial charge in [0.15, 0.2) is 0 Å². The highest BCUT2D eigenvalue weighted by Gasteiger charge is 2.30. The predicted octanol–water partition coefficient (Wildman–Crippen LogP) is 4.57. The van der Waals surface area contributed by atoms with E-state index in [2.05, 4.69) is 63.3 Å². The standard InChI is InChI=1S/C17H26Si/c1-4-10-17(11-6-5-7-12-17)18-16-9-8-15(13-16)14(2)3/h5-9,11,13-14,16H,4,10,12,18H2,1-3H3. The predicted molar refractivity (Wildman–Crippen MR) is 84.9 cm³/mol. The van der Waals surface area contributed by atoms with E-state index >= 15 is 0 Å². The Hall–Kier alpha value is -0.823. The van der Waals surface area contributed by atoms with Crippen molar-refractivity contribution in [1.29, 1.82) is 0 Å². The molecule has 0 saturated carbocycles. The Balaban J connectivity index is 2.05. The van der Waals surface area contributed by atoms with Gasteiger partial charge in [-0.25, -0.2) is 0 Å². The first kappa shape index (κ1) is 13.6. The third-order valence-corrected chi connectivity index (χ3v) is 6.89. The molecule has 0 bridgehead atoms. The highest BCUT2D eigenvalue weighted by Crippen LogP contribution is 2.44. The van der Waals surface area contributed by atoms with Crippen molar-refractivity contribution < 1.29 is 0 Å². The van der Waals surface area contributed by atoms with Gasteiger partial charge in [-0.2, -0.15) is 0 Å². The Kier molecular flexibility index (Phi) is 4.44. The maximum absolute atomic E-state index is 2.54. The van der Waals surface area contributed by atoms with Crippen molar-refractivity contribution in [1.82, 2.24) is 0 Å². The van der Waals surface area contributed by atoms with E-state index in [4.69, 9.17) is 0 Å². The van der Waals surface area contributed by atoms with Gasteiger partial charge in [0.25, 0.3) is 0 Å². The van der Waals surface area contributed by atoms with Crippen molar-refractivity contribution in [2.75, 3.05) is 0 Å². The molecule has 0 heterocycles. The van der Waals surface area contributed by atoms with Crippen LogP contribution in [0.2, 0.25) is 10.6 Å². The summed E-state index contributed by atoms with van der Waals surface area (Å²) in [5.41, 5.74) is 2.33. The molecule has 18 heavy (non-hydrogen) atoms. The van der Waals surface area contributed by atoms with Gasteiger partial charge in [-0.15, -0.1) is 0 Å². The Morgan fingerprint density at radius 2 is 2.22 bits per heavy atom. The van der Waals surface area contributed by atoms with Crippen LogP contribution in [0.1, 0.15) is 40.0 Å². The van der Waals surface area contributed by atoms with Gasteiger partial charge in [-0.1, -0.05) is 69.7 Å². The van der Waals surface area contributed by atoms with Crippen molar-refractivity contribution in [3.63, 3.8) is 0 Å². The molecule has 2 atom stereocenters. The third-order valence-electron chi connectivity index (χ3n) is 4.22. The molecule has 0 N–H and O–H groups in total. The van der Waals surface area contributed by atoms with Crippen LogP contribution in [-0.4, -0.2) is 9.52 Å². The fourth-order valence-electron chi connectivity index (χ4n) is 3.22. The van der Waals surface area contributed by atoms with Gasteiger partial charge < -0.3 is 0 Å². The minimum Gasteiger partial charge on any atom is -0.0840 e. The Labute approximate surface area is 114 Å². The maximum Gasteiger partial charge on any atom is 0.0447 e. The molecule has 0 aromatic carbocycles. The Morgan fingerprint density at radius 1 is 1.39 bits per heavy atom. The molecule has 0 fully saturated rings. The molecule has 0 aliphatic heterocycles. The second-order valence-electron chi connectivity index (χ2n) is 6.15. The van der Waals surface area contributed by atoms with Crippen LogP contribution < -0.4 is 0 Å². The van der Waals surface area contributed by atoms with Crippen molar-refractivity contribution >= 4 is 9.52 Å². The van der Waals surface area contributed by atoms with E-state index in [0.29, 0.717) is 11.0 Å². The van der Waals surface area contributed by atoms with Crippen LogP contribution in [0.25, 0.3) is 0 Å². The van der Waals surface area contributed by atoms with Gasteiger partial charge in [0, 0.05) is 9.52 Å². The Bertz CT molecular complexity index is 398. The molecule has 0 nitrogen and oxygen atoms in total. The van der Waals surface area contributed by atoms with E-state index < -0.39 is 0 Å². The van der Waals surface area contributed by atoms with E-state index in [1.54, 1.807) is 5.57 Å². The van der Waals surface area contributed by atoms with Gasteiger partial charge in [0.2, 0.25) is 0 Å². The molecule has 2 rings (SSSR count). The monoisotopic (exact) mass is 258 g/mol. The fraction of sp³-hybridized carbons (Fsp3) is 0.529. The smallest absolute Gasteiger partial charge is 0.0447 e. The molecule has 1 heteroatoms. The normalized spacial score (nSPS) is 30.9. The van der Waals surface area contributed by atoms with Crippen LogP contribution in [0.3, 0.4) is 0 Å². The highest BCUT2D eigenvalue weighted by atomic mass is 28.2. The van der Waals surface area contributed by atoms with Gasteiger partial charge in [-0.05, 0) is 34.9 Å². The molecule has 2 aliphatic carbocycles. The fourth-order valence-corrected chi connectivity index (χ4v) is 5.98. The lowest BCUT2D eigenvalue weighted by molar-refractivity contribution is 0.596. The van der Waals surface area contributed by atoms with Crippen LogP contribution >= 0.6 is 0 Å². The molecule has 2 aliphatic rings. The largest absolute Gasteiger partial charge is 0.0840 e. The van der Waals surface area contributed by atoms with Crippen LogP contribution in [0.5, 0.6) is 0 Å². The first-order valence-corrected chi connectivity index (χ1v) is 8.92. The molecule has 0 saturated heterocycles. The molecule has 0 amide bonds. The summed E-state index contributed by atoms with van der Waals surface area (Å²) in [7, 11) is -0.141. The lowest BCUT2D eigenvalue weighted by Crippen LogP contribution is -2.21. The lowest BCUT2D eigenvalue weighted by atomic mass is 9.94. The summed E-state index contributed by atoms with van der Waals surface area (Å²) >= 11 is 0. The summed E-state index contributed by atoms with van der Waals surface area (Å²) in [5, 5.41) is 0.543. The van der Waals surface area contributed by atoms with E-state index in [0.717, 1.165) is 5.54 Å². The average Bonchev–Trinajstić information content (AvgIpc) is 2.79. The summed E-state index contributed by atoms with van der Waals surface area (Å²) in [6.07, 6.45) is 20.7. The topological polar surface area (TPSA) is 0 Å². The van der Waals surface area contributed by atoms with E-state index in [1.165, 1.54) is 19.3 Å². The van der Waals surface area contributed by atoms with Crippen molar-refractivity contribution in [2.45, 2.75) is 50.6 Å². The zero-order valence-corrected chi connectivity index (χ0v) is 13.4. The lowest BCUT2D eigenvalue weighted by Gasteiger charge is -2.32. The summed E-state index contributed by atoms with van der Waals surface area (Å²) in [6, 6.07) is 0. The van der Waals surface area contributed by atoms with Gasteiger partial charge >= 0.3 is 0 Å². The molecule has 2 unspecified atom stereocenters. The Morgan fingerprint density at radius 3 is 2.78 bits per heavy atom. The quantitative estimate of drug-likeness (QED) is 0.634. The zero-order chi connectivity index (χ0) is 13.0. The molecule has 98 valence electrons. The molecule has 0 radical (unpaired) electrons.